The molecule has 0 aromatic heterocycles. The van der Waals surface area contributed by atoms with E-state index in [1.165, 1.54) is 0 Å². The molecule has 3 N–H and O–H groups in total. The van der Waals surface area contributed by atoms with Crippen molar-refractivity contribution in [1.29, 1.82) is 0 Å². The first kappa shape index (κ1) is 16.8. The third-order valence-electron chi connectivity index (χ3n) is 3.02. The summed E-state index contributed by atoms with van der Waals surface area (Å²) in [5.41, 5.74) is 1.26. The predicted octanol–water partition coefficient (Wildman–Crippen LogP) is 3.42. The van der Waals surface area contributed by atoms with Crippen LogP contribution in [0.4, 0.5) is 21.0 Å². The van der Waals surface area contributed by atoms with Crippen molar-refractivity contribution in [2.24, 2.45) is 5.92 Å². The largest absolute Gasteiger partial charge is 0.450 e. The Morgan fingerprint density at radius 1 is 1.05 bits per heavy atom. The fourth-order valence-corrected chi connectivity index (χ4v) is 1.46. The van der Waals surface area contributed by atoms with Crippen LogP contribution < -0.4 is 16.0 Å². The summed E-state index contributed by atoms with van der Waals surface area (Å²) < 4.78 is 4.78. The molecule has 116 valence electrons. The van der Waals surface area contributed by atoms with E-state index in [1.54, 1.807) is 31.2 Å². The third kappa shape index (κ3) is 6.16. The lowest BCUT2D eigenvalue weighted by atomic mass is 10.1. The summed E-state index contributed by atoms with van der Waals surface area (Å²) in [6, 6.07) is 6.65. The smallest absolute Gasteiger partial charge is 0.411 e. The zero-order valence-electron chi connectivity index (χ0n) is 12.9. The molecule has 0 aliphatic rings. The molecule has 0 aliphatic carbocycles. The third-order valence-corrected chi connectivity index (χ3v) is 3.02. The van der Waals surface area contributed by atoms with E-state index < -0.39 is 6.09 Å². The molecular formula is C15H23N3O3. The zero-order chi connectivity index (χ0) is 15.8. The Labute approximate surface area is 125 Å². The van der Waals surface area contributed by atoms with Crippen molar-refractivity contribution < 1.29 is 14.3 Å². The maximum Gasteiger partial charge on any atom is 0.411 e. The van der Waals surface area contributed by atoms with Gasteiger partial charge in [0.25, 0.3) is 0 Å². The molecule has 1 aromatic carbocycles. The predicted molar refractivity (Wildman–Crippen MR) is 83.5 cm³/mol. The van der Waals surface area contributed by atoms with E-state index in [0.29, 0.717) is 23.9 Å². The first-order valence-corrected chi connectivity index (χ1v) is 7.03. The summed E-state index contributed by atoms with van der Waals surface area (Å²) in [5, 5.41) is 8.17. The van der Waals surface area contributed by atoms with Gasteiger partial charge in [-0.2, -0.15) is 0 Å². The highest BCUT2D eigenvalue weighted by molar-refractivity contribution is 5.90. The van der Waals surface area contributed by atoms with Crippen LogP contribution >= 0.6 is 0 Å². The second kappa shape index (κ2) is 8.14. The van der Waals surface area contributed by atoms with Gasteiger partial charge < -0.3 is 15.4 Å². The number of nitrogens with one attached hydrogen (secondary N) is 3. The molecule has 3 amide bonds. The number of rotatable bonds is 5. The molecular weight excluding hydrogens is 270 g/mol. The molecule has 0 saturated carbocycles. The van der Waals surface area contributed by atoms with Gasteiger partial charge in [0.15, 0.2) is 0 Å². The van der Waals surface area contributed by atoms with Crippen molar-refractivity contribution in [3.05, 3.63) is 24.3 Å². The van der Waals surface area contributed by atoms with Gasteiger partial charge >= 0.3 is 12.1 Å². The number of carbonyl (C=O) groups excluding carboxylic acids is 2. The van der Waals surface area contributed by atoms with Crippen LogP contribution in [0.1, 0.15) is 27.7 Å². The average molecular weight is 293 g/mol. The highest BCUT2D eigenvalue weighted by atomic mass is 16.5. The molecule has 1 rings (SSSR count). The number of benzene rings is 1. The van der Waals surface area contributed by atoms with Gasteiger partial charge in [-0.1, -0.05) is 13.8 Å². The maximum atomic E-state index is 11.8. The minimum absolute atomic E-state index is 0.0924. The van der Waals surface area contributed by atoms with Crippen LogP contribution in [0.3, 0.4) is 0 Å². The van der Waals surface area contributed by atoms with Gasteiger partial charge in [-0.3, -0.25) is 5.32 Å². The van der Waals surface area contributed by atoms with E-state index in [2.05, 4.69) is 16.0 Å². The van der Waals surface area contributed by atoms with Gasteiger partial charge in [-0.05, 0) is 44.0 Å². The van der Waals surface area contributed by atoms with E-state index in [1.807, 2.05) is 20.8 Å². The van der Waals surface area contributed by atoms with E-state index in [0.717, 1.165) is 0 Å². The lowest BCUT2D eigenvalue weighted by Crippen LogP contribution is -2.38. The van der Waals surface area contributed by atoms with Crippen LogP contribution in [0, 0.1) is 5.92 Å². The minimum Gasteiger partial charge on any atom is -0.450 e. The SMILES string of the molecule is CCOC(=O)Nc1ccc(NC(=O)N[C@@H](C)C(C)C)cc1. The lowest BCUT2D eigenvalue weighted by molar-refractivity contribution is 0.168. The van der Waals surface area contributed by atoms with Crippen molar-refractivity contribution in [2.75, 3.05) is 17.2 Å². The van der Waals surface area contributed by atoms with Gasteiger partial charge in [-0.25, -0.2) is 9.59 Å². The Morgan fingerprint density at radius 3 is 2.05 bits per heavy atom. The second-order valence-corrected chi connectivity index (χ2v) is 5.05. The topological polar surface area (TPSA) is 79.5 Å². The van der Waals surface area contributed by atoms with E-state index in [4.69, 9.17) is 4.74 Å². The molecule has 0 heterocycles. The first-order chi connectivity index (χ1) is 9.92. The molecule has 0 radical (unpaired) electrons. The summed E-state index contributed by atoms with van der Waals surface area (Å²) >= 11 is 0. The summed E-state index contributed by atoms with van der Waals surface area (Å²) in [6.07, 6.45) is -0.498. The number of anilines is 2. The van der Waals surface area contributed by atoms with Crippen molar-refractivity contribution >= 4 is 23.5 Å². The Bertz CT molecular complexity index is 472. The summed E-state index contributed by atoms with van der Waals surface area (Å²) in [6.45, 7) is 8.10. The standard InChI is InChI=1S/C15H23N3O3/c1-5-21-15(20)18-13-8-6-12(7-9-13)17-14(19)16-11(4)10(2)3/h6-11H,5H2,1-4H3,(H,18,20)(H2,16,17,19)/t11-/m0/s1. The Balaban J connectivity index is 2.51. The van der Waals surface area contributed by atoms with Crippen molar-refractivity contribution in [3.63, 3.8) is 0 Å². The summed E-state index contributed by atoms with van der Waals surface area (Å²) in [5.74, 6) is 0.368. The molecule has 0 aliphatic heterocycles. The Kier molecular flexibility index (Phi) is 6.52. The molecule has 6 nitrogen and oxygen atoms in total. The Hall–Kier alpha value is -2.24. The summed E-state index contributed by atoms with van der Waals surface area (Å²) in [4.78, 5) is 23.0. The number of ether oxygens (including phenoxy) is 1. The second-order valence-electron chi connectivity index (χ2n) is 5.05. The van der Waals surface area contributed by atoms with Gasteiger partial charge in [0.1, 0.15) is 0 Å². The molecule has 21 heavy (non-hydrogen) atoms. The highest BCUT2D eigenvalue weighted by Crippen LogP contribution is 2.14. The minimum atomic E-state index is -0.498. The summed E-state index contributed by atoms with van der Waals surface area (Å²) in [7, 11) is 0. The van der Waals surface area contributed by atoms with Crippen LogP contribution in [-0.2, 0) is 4.74 Å². The van der Waals surface area contributed by atoms with Crippen LogP contribution in [-0.4, -0.2) is 24.8 Å². The average Bonchev–Trinajstić information content (AvgIpc) is 2.41. The molecule has 0 bridgehead atoms. The van der Waals surface area contributed by atoms with Crippen LogP contribution in [0.2, 0.25) is 0 Å². The van der Waals surface area contributed by atoms with Gasteiger partial charge in [0.2, 0.25) is 0 Å². The number of carbonyl (C=O) groups is 2. The highest BCUT2D eigenvalue weighted by Gasteiger charge is 2.10. The number of hydrogen-bond acceptors (Lipinski definition) is 3. The number of amides is 3. The fraction of sp³-hybridized carbons (Fsp3) is 0.467. The van der Waals surface area contributed by atoms with Gasteiger partial charge in [-0.15, -0.1) is 0 Å². The molecule has 0 unspecified atom stereocenters. The maximum absolute atomic E-state index is 11.8. The van der Waals surface area contributed by atoms with E-state index in [-0.39, 0.29) is 12.1 Å². The van der Waals surface area contributed by atoms with Crippen LogP contribution in [0.5, 0.6) is 0 Å². The molecule has 0 saturated heterocycles. The quantitative estimate of drug-likeness (QED) is 0.778. The Morgan fingerprint density at radius 2 is 1.57 bits per heavy atom. The van der Waals surface area contributed by atoms with Crippen LogP contribution in [0.25, 0.3) is 0 Å². The van der Waals surface area contributed by atoms with Gasteiger partial charge in [0, 0.05) is 17.4 Å². The number of hydrogen-bond donors (Lipinski definition) is 3. The number of urea groups is 1. The van der Waals surface area contributed by atoms with E-state index >= 15 is 0 Å². The fourth-order valence-electron chi connectivity index (χ4n) is 1.46. The normalized spacial score (nSPS) is 11.7. The lowest BCUT2D eigenvalue weighted by Gasteiger charge is -2.17. The van der Waals surface area contributed by atoms with Gasteiger partial charge in [0.05, 0.1) is 6.61 Å². The zero-order valence-corrected chi connectivity index (χ0v) is 12.9. The van der Waals surface area contributed by atoms with Crippen molar-refractivity contribution in [2.45, 2.75) is 33.7 Å². The molecule has 0 fully saturated rings. The molecule has 6 heteroatoms. The van der Waals surface area contributed by atoms with E-state index in [9.17, 15) is 9.59 Å². The molecule has 1 atom stereocenters. The van der Waals surface area contributed by atoms with Crippen LogP contribution in [0.15, 0.2) is 24.3 Å². The molecule has 1 aromatic rings. The van der Waals surface area contributed by atoms with Crippen molar-refractivity contribution in [3.8, 4) is 0 Å². The monoisotopic (exact) mass is 293 g/mol. The first-order valence-electron chi connectivity index (χ1n) is 7.03. The van der Waals surface area contributed by atoms with Crippen molar-refractivity contribution in [1.82, 2.24) is 5.32 Å². The molecule has 0 spiro atoms.